The summed E-state index contributed by atoms with van der Waals surface area (Å²) in [4.78, 5) is 21.4. The number of hydrogen-bond donors (Lipinski definition) is 1. The summed E-state index contributed by atoms with van der Waals surface area (Å²) in [5.74, 6) is -0.0980. The smallest absolute Gasteiger partial charge is 0.287 e. The molecule has 4 aromatic rings. The van der Waals surface area contributed by atoms with Crippen LogP contribution in [0.1, 0.15) is 21.5 Å². The Balaban J connectivity index is 1.55. The molecule has 0 fully saturated rings. The predicted octanol–water partition coefficient (Wildman–Crippen LogP) is 4.65. The monoisotopic (exact) mass is 360 g/mol. The van der Waals surface area contributed by atoms with Crippen molar-refractivity contribution in [2.24, 2.45) is 0 Å². The Morgan fingerprint density at radius 1 is 1.04 bits per heavy atom. The fourth-order valence-corrected chi connectivity index (χ4v) is 3.88. The van der Waals surface area contributed by atoms with E-state index < -0.39 is 0 Å². The van der Waals surface area contributed by atoms with E-state index in [0.717, 1.165) is 37.7 Å². The maximum Gasteiger partial charge on any atom is 0.287 e. The number of aromatic nitrogens is 2. The van der Waals surface area contributed by atoms with Gasteiger partial charge in [-0.15, -0.1) is 0 Å². The van der Waals surface area contributed by atoms with Crippen LogP contribution >= 0.6 is 11.3 Å². The average Bonchev–Trinajstić information content (AvgIpc) is 3.05. The molecule has 2 aromatic carbocycles. The first-order chi connectivity index (χ1) is 12.6. The molecule has 0 atom stereocenters. The second-order valence-electron chi connectivity index (χ2n) is 6.31. The van der Waals surface area contributed by atoms with Crippen LogP contribution in [0.4, 0.5) is 5.69 Å². The van der Waals surface area contributed by atoms with Crippen molar-refractivity contribution in [3.8, 4) is 10.6 Å². The second-order valence-corrected chi connectivity index (χ2v) is 7.31. The number of nitrogens with zero attached hydrogens (tertiary/aromatic N) is 1. The van der Waals surface area contributed by atoms with Gasteiger partial charge in [0.25, 0.3) is 10.7 Å². The van der Waals surface area contributed by atoms with Crippen LogP contribution in [0.2, 0.25) is 0 Å². The van der Waals surface area contributed by atoms with Gasteiger partial charge in [0.1, 0.15) is 10.5 Å². The summed E-state index contributed by atoms with van der Waals surface area (Å²) in [6, 6.07) is 17.6. The number of carbonyl (C=O) groups is 1. The van der Waals surface area contributed by atoms with Crippen LogP contribution in [0, 0.1) is 13.8 Å². The molecule has 0 saturated heterocycles. The van der Waals surface area contributed by atoms with Crippen molar-refractivity contribution in [2.75, 3.05) is 5.32 Å². The van der Waals surface area contributed by atoms with Gasteiger partial charge in [-0.1, -0.05) is 17.2 Å². The number of thiazole rings is 1. The highest BCUT2D eigenvalue weighted by molar-refractivity contribution is 7.20. The van der Waals surface area contributed by atoms with E-state index in [2.05, 4.69) is 21.4 Å². The number of nitrogens with one attached hydrogen (secondary N) is 2. The molecule has 0 aliphatic rings. The molecule has 2 aromatic heterocycles. The Labute approximate surface area is 155 Å². The summed E-state index contributed by atoms with van der Waals surface area (Å²) in [6.07, 6.45) is 1.90. The maximum atomic E-state index is 12.5. The molecule has 0 radical (unpaired) electrons. The van der Waals surface area contributed by atoms with Crippen LogP contribution in [-0.4, -0.2) is 10.9 Å². The van der Waals surface area contributed by atoms with Crippen molar-refractivity contribution in [1.82, 2.24) is 4.98 Å². The number of pyridine rings is 1. The molecule has 0 aliphatic carbocycles. The van der Waals surface area contributed by atoms with Gasteiger partial charge in [-0.05, 0) is 67.6 Å². The lowest BCUT2D eigenvalue weighted by molar-refractivity contribution is -0.341. The average molecular weight is 360 g/mol. The molecule has 0 unspecified atom stereocenters. The van der Waals surface area contributed by atoms with Crippen LogP contribution in [0.25, 0.3) is 20.9 Å². The SMILES string of the molecule is Cc1cc(C)cc(C(=O)Nc2ccc(-c3nc4ccc[nH+]c4s3)cc2)c1. The molecule has 0 saturated carbocycles. The number of carbonyl (C=O) groups excluding carboxylic acids is 1. The van der Waals surface area contributed by atoms with Crippen molar-refractivity contribution in [3.05, 3.63) is 77.5 Å². The normalized spacial score (nSPS) is 10.8. The van der Waals surface area contributed by atoms with Crippen LogP contribution < -0.4 is 10.3 Å². The molecule has 2 heterocycles. The van der Waals surface area contributed by atoms with Crippen molar-refractivity contribution in [2.45, 2.75) is 13.8 Å². The van der Waals surface area contributed by atoms with Crippen molar-refractivity contribution >= 4 is 33.3 Å². The molecule has 0 spiro atoms. The maximum absolute atomic E-state index is 12.5. The van der Waals surface area contributed by atoms with E-state index >= 15 is 0 Å². The number of aryl methyl sites for hydroxylation is 2. The first-order valence-electron chi connectivity index (χ1n) is 8.36. The summed E-state index contributed by atoms with van der Waals surface area (Å²) in [7, 11) is 0. The van der Waals surface area contributed by atoms with E-state index in [0.29, 0.717) is 5.56 Å². The van der Waals surface area contributed by atoms with E-state index in [1.165, 1.54) is 0 Å². The van der Waals surface area contributed by atoms with Gasteiger partial charge in [0.05, 0.1) is 0 Å². The number of benzene rings is 2. The minimum atomic E-state index is -0.0980. The fourth-order valence-electron chi connectivity index (χ4n) is 2.94. The molecule has 128 valence electrons. The van der Waals surface area contributed by atoms with Crippen LogP contribution in [-0.2, 0) is 0 Å². The number of anilines is 1. The summed E-state index contributed by atoms with van der Waals surface area (Å²) in [5, 5.41) is 3.91. The van der Waals surface area contributed by atoms with E-state index in [4.69, 9.17) is 0 Å². The number of hydrogen-bond acceptors (Lipinski definition) is 3. The predicted molar refractivity (Wildman–Crippen MR) is 105 cm³/mol. The highest BCUT2D eigenvalue weighted by Crippen LogP contribution is 2.28. The van der Waals surface area contributed by atoms with E-state index in [9.17, 15) is 4.79 Å². The van der Waals surface area contributed by atoms with Gasteiger partial charge in [0.15, 0.2) is 6.20 Å². The van der Waals surface area contributed by atoms with Crippen molar-refractivity contribution < 1.29 is 9.78 Å². The second kappa shape index (κ2) is 6.69. The Kier molecular flexibility index (Phi) is 4.22. The zero-order valence-corrected chi connectivity index (χ0v) is 15.4. The standard InChI is InChI=1S/C21H17N3OS/c1-13-10-14(2)12-16(11-13)19(25)23-17-7-5-15(6-8-17)20-24-18-4-3-9-22-21(18)26-20/h3-12H,1-2H3,(H,23,25)/p+1. The number of amides is 1. The fraction of sp³-hybridized carbons (Fsp3) is 0.0952. The van der Waals surface area contributed by atoms with Gasteiger partial charge in [-0.25, -0.2) is 9.97 Å². The minimum absolute atomic E-state index is 0.0980. The molecule has 0 aliphatic heterocycles. The molecule has 26 heavy (non-hydrogen) atoms. The number of aromatic amines is 1. The molecule has 5 heteroatoms. The highest BCUT2D eigenvalue weighted by Gasteiger charge is 2.11. The molecule has 4 nitrogen and oxygen atoms in total. The Morgan fingerprint density at radius 3 is 2.46 bits per heavy atom. The highest BCUT2D eigenvalue weighted by atomic mass is 32.1. The van der Waals surface area contributed by atoms with Gasteiger partial charge in [0.2, 0.25) is 0 Å². The lowest BCUT2D eigenvalue weighted by Crippen LogP contribution is -2.12. The first-order valence-corrected chi connectivity index (χ1v) is 9.17. The molecule has 2 N–H and O–H groups in total. The third-order valence-corrected chi connectivity index (χ3v) is 5.14. The lowest BCUT2D eigenvalue weighted by atomic mass is 10.1. The Morgan fingerprint density at radius 2 is 1.77 bits per heavy atom. The topological polar surface area (TPSA) is 56.1 Å². The quantitative estimate of drug-likeness (QED) is 0.578. The van der Waals surface area contributed by atoms with Gasteiger partial charge < -0.3 is 5.32 Å². The molecular formula is C21H18N3OS+. The molecule has 1 amide bonds. The zero-order chi connectivity index (χ0) is 18.1. The summed E-state index contributed by atoms with van der Waals surface area (Å²) in [6.45, 7) is 3.99. The van der Waals surface area contributed by atoms with Crippen LogP contribution in [0.3, 0.4) is 0 Å². The zero-order valence-electron chi connectivity index (χ0n) is 14.5. The molecular weight excluding hydrogens is 342 g/mol. The minimum Gasteiger partial charge on any atom is -0.322 e. The van der Waals surface area contributed by atoms with Crippen molar-refractivity contribution in [1.29, 1.82) is 0 Å². The summed E-state index contributed by atoms with van der Waals surface area (Å²) >= 11 is 1.62. The van der Waals surface area contributed by atoms with Crippen LogP contribution in [0.15, 0.2) is 60.8 Å². The Bertz CT molecular complexity index is 1050. The van der Waals surface area contributed by atoms with Gasteiger partial charge in [-0.3, -0.25) is 4.79 Å². The molecule has 0 bridgehead atoms. The summed E-state index contributed by atoms with van der Waals surface area (Å²) in [5.41, 5.74) is 5.60. The third-order valence-electron chi connectivity index (χ3n) is 4.09. The van der Waals surface area contributed by atoms with E-state index in [1.54, 1.807) is 11.3 Å². The van der Waals surface area contributed by atoms with Gasteiger partial charge >= 0.3 is 0 Å². The number of fused-ring (bicyclic) bond motifs is 1. The lowest BCUT2D eigenvalue weighted by Gasteiger charge is -2.07. The van der Waals surface area contributed by atoms with Crippen LogP contribution in [0.5, 0.6) is 0 Å². The number of rotatable bonds is 3. The van der Waals surface area contributed by atoms with Gasteiger partial charge in [-0.2, -0.15) is 0 Å². The van der Waals surface area contributed by atoms with Gasteiger partial charge in [0, 0.05) is 22.9 Å². The Hall–Kier alpha value is -3.05. The largest absolute Gasteiger partial charge is 0.322 e. The first kappa shape index (κ1) is 16.4. The number of H-pyrrole nitrogens is 1. The third kappa shape index (κ3) is 3.34. The molecule has 4 rings (SSSR count). The summed E-state index contributed by atoms with van der Waals surface area (Å²) < 4.78 is 0. The van der Waals surface area contributed by atoms with E-state index in [-0.39, 0.29) is 5.91 Å². The van der Waals surface area contributed by atoms with Crippen molar-refractivity contribution in [3.63, 3.8) is 0 Å². The van der Waals surface area contributed by atoms with E-state index in [1.807, 2.05) is 68.6 Å².